The van der Waals surface area contributed by atoms with Crippen molar-refractivity contribution in [2.24, 2.45) is 0 Å². The number of sulfonamides is 1. The summed E-state index contributed by atoms with van der Waals surface area (Å²) in [4.78, 5) is 18.1. The van der Waals surface area contributed by atoms with E-state index in [4.69, 9.17) is 9.47 Å². The molecule has 1 amide bonds. The molecule has 1 fully saturated rings. The molecular weight excluding hydrogens is 514 g/mol. The van der Waals surface area contributed by atoms with E-state index in [1.165, 1.54) is 4.31 Å². The molecule has 0 bridgehead atoms. The van der Waals surface area contributed by atoms with Gasteiger partial charge in [-0.15, -0.1) is 0 Å². The molecule has 5 rings (SSSR count). The topological polar surface area (TPSA) is 79.4 Å². The number of ether oxygens (including phenoxy) is 2. The Bertz CT molecular complexity index is 1400. The molecule has 0 radical (unpaired) electrons. The number of carbonyl (C=O) groups is 1. The van der Waals surface area contributed by atoms with Gasteiger partial charge in [0, 0.05) is 32.7 Å². The lowest BCUT2D eigenvalue weighted by molar-refractivity contribution is -0.136. The fourth-order valence-corrected chi connectivity index (χ4v) is 6.91. The quantitative estimate of drug-likeness (QED) is 0.424. The molecule has 2 aliphatic heterocycles. The summed E-state index contributed by atoms with van der Waals surface area (Å²) in [5, 5.41) is 0. The second kappa shape index (κ2) is 11.7. The highest BCUT2D eigenvalue weighted by atomic mass is 32.2. The summed E-state index contributed by atoms with van der Waals surface area (Å²) in [6.45, 7) is 7.38. The first kappa shape index (κ1) is 27.0. The number of piperazine rings is 1. The van der Waals surface area contributed by atoms with Crippen LogP contribution in [0.3, 0.4) is 0 Å². The molecule has 0 aromatic heterocycles. The van der Waals surface area contributed by atoms with Crippen LogP contribution < -0.4 is 14.4 Å². The number of fused-ring (bicyclic) bond motifs is 1. The average Bonchev–Trinajstić information content (AvgIpc) is 2.97. The summed E-state index contributed by atoms with van der Waals surface area (Å²) in [5.41, 5.74) is 2.95. The first-order chi connectivity index (χ1) is 18.9. The normalized spacial score (nSPS) is 17.9. The van der Waals surface area contributed by atoms with Crippen LogP contribution >= 0.6 is 0 Å². The second-order valence-corrected chi connectivity index (χ2v) is 11.5. The number of benzene rings is 3. The molecule has 0 N–H and O–H groups in total. The van der Waals surface area contributed by atoms with Crippen LogP contribution in [0.4, 0.5) is 5.69 Å². The van der Waals surface area contributed by atoms with Crippen LogP contribution in [-0.4, -0.2) is 69.0 Å². The van der Waals surface area contributed by atoms with E-state index in [-0.39, 0.29) is 17.3 Å². The van der Waals surface area contributed by atoms with Gasteiger partial charge in [0.15, 0.2) is 0 Å². The Morgan fingerprint density at radius 1 is 0.821 bits per heavy atom. The van der Waals surface area contributed by atoms with Crippen molar-refractivity contribution in [3.8, 4) is 11.5 Å². The third-order valence-electron chi connectivity index (χ3n) is 7.33. The van der Waals surface area contributed by atoms with Crippen LogP contribution in [0, 0.1) is 0 Å². The maximum atomic E-state index is 14.0. The minimum absolute atomic E-state index is 0.153. The van der Waals surface area contributed by atoms with Gasteiger partial charge in [-0.25, -0.2) is 8.42 Å². The number of rotatable bonds is 8. The molecule has 9 heteroatoms. The average molecular weight is 550 g/mol. The summed E-state index contributed by atoms with van der Waals surface area (Å²) in [6.07, 6.45) is 0.346. The van der Waals surface area contributed by atoms with Crippen LogP contribution in [0.2, 0.25) is 0 Å². The molecule has 0 spiro atoms. The van der Waals surface area contributed by atoms with E-state index in [9.17, 15) is 13.2 Å². The molecule has 1 saturated heterocycles. The van der Waals surface area contributed by atoms with Crippen molar-refractivity contribution in [2.75, 3.05) is 44.3 Å². The Labute approximate surface area is 230 Å². The Morgan fingerprint density at radius 2 is 1.46 bits per heavy atom. The lowest BCUT2D eigenvalue weighted by Gasteiger charge is -2.41. The van der Waals surface area contributed by atoms with Crippen LogP contribution in [0.15, 0.2) is 77.7 Å². The van der Waals surface area contributed by atoms with Crippen LogP contribution in [0.5, 0.6) is 11.5 Å². The number of carbonyl (C=O) groups excluding carboxylic acids is 1. The van der Waals surface area contributed by atoms with Gasteiger partial charge in [-0.1, -0.05) is 36.4 Å². The summed E-state index contributed by atoms with van der Waals surface area (Å²) >= 11 is 0. The number of amides is 1. The van der Waals surface area contributed by atoms with E-state index in [2.05, 4.69) is 4.90 Å². The molecule has 0 unspecified atom stereocenters. The third kappa shape index (κ3) is 5.60. The third-order valence-corrected chi connectivity index (χ3v) is 9.20. The van der Waals surface area contributed by atoms with E-state index in [0.717, 1.165) is 22.6 Å². The molecule has 3 aromatic carbocycles. The van der Waals surface area contributed by atoms with Crippen molar-refractivity contribution >= 4 is 21.6 Å². The lowest BCUT2D eigenvalue weighted by Crippen LogP contribution is -2.57. The molecule has 8 nitrogen and oxygen atoms in total. The molecule has 0 saturated carbocycles. The monoisotopic (exact) mass is 549 g/mol. The van der Waals surface area contributed by atoms with Gasteiger partial charge >= 0.3 is 0 Å². The van der Waals surface area contributed by atoms with E-state index in [1.54, 1.807) is 29.2 Å². The van der Waals surface area contributed by atoms with Crippen molar-refractivity contribution < 1.29 is 22.7 Å². The SMILES string of the molecule is CCOc1ccc(S(=O)(=O)N2Cc3ccccc3C[C@H]2C(=O)N2CCN(c3ccccc3OCC)CC2)cc1. The van der Waals surface area contributed by atoms with Gasteiger partial charge in [0.25, 0.3) is 0 Å². The maximum absolute atomic E-state index is 14.0. The Balaban J connectivity index is 1.38. The highest BCUT2D eigenvalue weighted by Crippen LogP contribution is 2.32. The molecule has 0 aliphatic carbocycles. The number of hydrogen-bond acceptors (Lipinski definition) is 6. The predicted molar refractivity (Wildman–Crippen MR) is 151 cm³/mol. The van der Waals surface area contributed by atoms with Crippen molar-refractivity contribution in [2.45, 2.75) is 37.8 Å². The minimum Gasteiger partial charge on any atom is -0.494 e. The first-order valence-electron chi connectivity index (χ1n) is 13.5. The van der Waals surface area contributed by atoms with Crippen molar-refractivity contribution in [1.82, 2.24) is 9.21 Å². The zero-order valence-electron chi connectivity index (χ0n) is 22.5. The highest BCUT2D eigenvalue weighted by molar-refractivity contribution is 7.89. The fraction of sp³-hybridized carbons (Fsp3) is 0.367. The molecule has 1 atom stereocenters. The second-order valence-electron chi connectivity index (χ2n) is 9.66. The Morgan fingerprint density at radius 3 is 2.15 bits per heavy atom. The van der Waals surface area contributed by atoms with E-state index >= 15 is 0 Å². The van der Waals surface area contributed by atoms with Gasteiger partial charge in [-0.2, -0.15) is 4.31 Å². The summed E-state index contributed by atoms with van der Waals surface area (Å²) in [5.74, 6) is 1.28. The number of anilines is 1. The molecule has 2 aliphatic rings. The largest absolute Gasteiger partial charge is 0.494 e. The zero-order valence-corrected chi connectivity index (χ0v) is 23.3. The van der Waals surface area contributed by atoms with Gasteiger partial charge in [-0.05, 0) is 67.8 Å². The standard InChI is InChI=1S/C30H35N3O5S/c1-3-37-25-13-15-26(16-14-25)39(35,36)33-22-24-10-6-5-9-23(24)21-28(33)30(34)32-19-17-31(18-20-32)27-11-7-8-12-29(27)38-4-2/h5-16,28H,3-4,17-22H2,1-2H3/t28-/m0/s1. The number of hydrogen-bond donors (Lipinski definition) is 0. The highest BCUT2D eigenvalue weighted by Gasteiger charge is 2.41. The molecule has 39 heavy (non-hydrogen) atoms. The van der Waals surface area contributed by atoms with E-state index in [1.807, 2.05) is 62.4 Å². The van der Waals surface area contributed by atoms with Crippen LogP contribution in [0.1, 0.15) is 25.0 Å². The van der Waals surface area contributed by atoms with Crippen molar-refractivity contribution in [3.05, 3.63) is 83.9 Å². The Kier molecular flexibility index (Phi) is 8.09. The van der Waals surface area contributed by atoms with E-state index in [0.29, 0.717) is 51.6 Å². The molecular formula is C30H35N3O5S. The van der Waals surface area contributed by atoms with Gasteiger partial charge in [0.1, 0.15) is 17.5 Å². The molecule has 2 heterocycles. The predicted octanol–water partition coefficient (Wildman–Crippen LogP) is 3.95. The van der Waals surface area contributed by atoms with Crippen molar-refractivity contribution in [1.29, 1.82) is 0 Å². The fourth-order valence-electron chi connectivity index (χ4n) is 5.35. The maximum Gasteiger partial charge on any atom is 0.244 e. The molecule has 3 aromatic rings. The smallest absolute Gasteiger partial charge is 0.244 e. The van der Waals surface area contributed by atoms with Crippen LogP contribution in [-0.2, 0) is 27.8 Å². The van der Waals surface area contributed by atoms with Crippen molar-refractivity contribution in [3.63, 3.8) is 0 Å². The van der Waals surface area contributed by atoms with Gasteiger partial charge in [0.2, 0.25) is 15.9 Å². The van der Waals surface area contributed by atoms with Gasteiger partial charge < -0.3 is 19.3 Å². The first-order valence-corrected chi connectivity index (χ1v) is 14.9. The Hall–Kier alpha value is -3.56. The van der Waals surface area contributed by atoms with E-state index < -0.39 is 16.1 Å². The van der Waals surface area contributed by atoms with Crippen LogP contribution in [0.25, 0.3) is 0 Å². The van der Waals surface area contributed by atoms with Gasteiger partial charge in [-0.3, -0.25) is 4.79 Å². The lowest BCUT2D eigenvalue weighted by atomic mass is 9.95. The van der Waals surface area contributed by atoms with Gasteiger partial charge in [0.05, 0.1) is 23.8 Å². The summed E-state index contributed by atoms with van der Waals surface area (Å²) in [6, 6.07) is 21.3. The zero-order chi connectivity index (χ0) is 27.4. The summed E-state index contributed by atoms with van der Waals surface area (Å²) < 4.78 is 40.5. The minimum atomic E-state index is -3.93. The summed E-state index contributed by atoms with van der Waals surface area (Å²) in [7, 11) is -3.93. The number of nitrogens with zero attached hydrogens (tertiary/aromatic N) is 3. The number of para-hydroxylation sites is 2. The molecule has 206 valence electrons.